The molecule has 0 unspecified atom stereocenters. The number of likely N-dealkylation sites (tertiary alicyclic amines) is 1. The second-order valence-electron chi connectivity index (χ2n) is 8.82. The van der Waals surface area contributed by atoms with E-state index in [1.165, 1.54) is 5.69 Å². The average molecular weight is 443 g/mol. The summed E-state index contributed by atoms with van der Waals surface area (Å²) in [5.41, 5.74) is 4.35. The molecule has 1 saturated heterocycles. The van der Waals surface area contributed by atoms with Crippen LogP contribution in [-0.4, -0.2) is 46.3 Å². The molecule has 0 bridgehead atoms. The summed E-state index contributed by atoms with van der Waals surface area (Å²) in [7, 11) is 3.74. The Balaban J connectivity index is 1.41. The van der Waals surface area contributed by atoms with Crippen LogP contribution in [0.25, 0.3) is 0 Å². The van der Waals surface area contributed by atoms with Gasteiger partial charge in [-0.3, -0.25) is 9.69 Å². The Morgan fingerprint density at radius 2 is 1.82 bits per heavy atom. The van der Waals surface area contributed by atoms with Crippen molar-refractivity contribution in [2.24, 2.45) is 12.1 Å². The third-order valence-corrected chi connectivity index (χ3v) is 6.80. The topological polar surface area (TPSA) is 50.1 Å². The third kappa shape index (κ3) is 4.31. The van der Waals surface area contributed by atoms with Gasteiger partial charge in [0.05, 0.1) is 31.4 Å². The predicted molar refractivity (Wildman–Crippen MR) is 129 cm³/mol. The molecule has 5 rings (SSSR count). The first-order chi connectivity index (χ1) is 16.1. The number of nitrogens with zero attached hydrogens (tertiary/aromatic N) is 4. The van der Waals surface area contributed by atoms with Crippen molar-refractivity contribution in [1.82, 2.24) is 14.5 Å². The van der Waals surface area contributed by atoms with E-state index in [1.807, 2.05) is 42.5 Å². The zero-order chi connectivity index (χ0) is 22.8. The van der Waals surface area contributed by atoms with E-state index in [0.717, 1.165) is 42.0 Å². The summed E-state index contributed by atoms with van der Waals surface area (Å²) < 4.78 is 7.49. The maximum absolute atomic E-state index is 13.6. The number of hydrazone groups is 1. The largest absolute Gasteiger partial charge is 0.497 e. The minimum atomic E-state index is -0.116. The van der Waals surface area contributed by atoms with Crippen LogP contribution in [0.2, 0.25) is 0 Å². The van der Waals surface area contributed by atoms with Crippen molar-refractivity contribution in [2.75, 3.05) is 20.2 Å². The maximum Gasteiger partial charge on any atom is 0.257 e. The number of ether oxygens (including phenoxy) is 1. The summed E-state index contributed by atoms with van der Waals surface area (Å²) in [6.45, 7) is 1.30. The summed E-state index contributed by atoms with van der Waals surface area (Å²) in [6, 6.07) is 22.5. The lowest BCUT2D eigenvalue weighted by molar-refractivity contribution is -0.134. The molecule has 0 spiro atoms. The van der Waals surface area contributed by atoms with Gasteiger partial charge in [0.25, 0.3) is 5.91 Å². The van der Waals surface area contributed by atoms with Crippen LogP contribution < -0.4 is 4.74 Å². The lowest BCUT2D eigenvalue weighted by atomic mass is 9.98. The first-order valence-electron chi connectivity index (χ1n) is 11.6. The maximum atomic E-state index is 13.6. The summed E-state index contributed by atoms with van der Waals surface area (Å²) in [5.74, 6) is 0.851. The molecule has 0 radical (unpaired) electrons. The lowest BCUT2D eigenvalue weighted by Gasteiger charge is -2.28. The van der Waals surface area contributed by atoms with Gasteiger partial charge < -0.3 is 9.30 Å². The highest BCUT2D eigenvalue weighted by molar-refractivity contribution is 6.03. The normalized spacial score (nSPS) is 20.8. The molecule has 170 valence electrons. The van der Waals surface area contributed by atoms with Gasteiger partial charge in [-0.15, -0.1) is 0 Å². The Labute approximate surface area is 195 Å². The molecule has 0 saturated carbocycles. The highest BCUT2D eigenvalue weighted by Gasteiger charge is 2.36. The average Bonchev–Trinajstić information content (AvgIpc) is 3.59. The summed E-state index contributed by atoms with van der Waals surface area (Å²) >= 11 is 0. The number of amides is 1. The van der Waals surface area contributed by atoms with Crippen molar-refractivity contribution in [3.05, 3.63) is 89.7 Å². The molecule has 3 aromatic rings. The second-order valence-corrected chi connectivity index (χ2v) is 8.82. The van der Waals surface area contributed by atoms with Crippen molar-refractivity contribution in [3.63, 3.8) is 0 Å². The smallest absolute Gasteiger partial charge is 0.257 e. The number of rotatable bonds is 6. The summed E-state index contributed by atoms with van der Waals surface area (Å²) in [4.78, 5) is 15.9. The SMILES string of the molecule is COc1ccc([C@@H]2CC(c3ccccc3)=NN2C(=O)CN2CCC[C@@H]2c2cccn2C)cc1. The molecular weight excluding hydrogens is 412 g/mol. The van der Waals surface area contributed by atoms with Gasteiger partial charge in [-0.25, -0.2) is 5.01 Å². The highest BCUT2D eigenvalue weighted by atomic mass is 16.5. The van der Waals surface area contributed by atoms with E-state index in [0.29, 0.717) is 13.0 Å². The van der Waals surface area contributed by atoms with E-state index in [-0.39, 0.29) is 18.0 Å². The van der Waals surface area contributed by atoms with E-state index >= 15 is 0 Å². The first-order valence-corrected chi connectivity index (χ1v) is 11.6. The summed E-state index contributed by atoms with van der Waals surface area (Å²) in [6.07, 6.45) is 4.95. The number of aryl methyl sites for hydroxylation is 1. The second kappa shape index (κ2) is 9.24. The number of carbonyl (C=O) groups excluding carboxylic acids is 1. The van der Waals surface area contributed by atoms with Crippen molar-refractivity contribution in [1.29, 1.82) is 0 Å². The van der Waals surface area contributed by atoms with E-state index in [2.05, 4.69) is 47.0 Å². The molecule has 2 aliphatic rings. The van der Waals surface area contributed by atoms with Crippen LogP contribution >= 0.6 is 0 Å². The van der Waals surface area contributed by atoms with E-state index < -0.39 is 0 Å². The number of benzene rings is 2. The van der Waals surface area contributed by atoms with Crippen LogP contribution in [0.5, 0.6) is 5.75 Å². The number of carbonyl (C=O) groups is 1. The number of aromatic nitrogens is 1. The Morgan fingerprint density at radius 3 is 2.52 bits per heavy atom. The zero-order valence-corrected chi connectivity index (χ0v) is 19.2. The fourth-order valence-corrected chi connectivity index (χ4v) is 5.05. The Morgan fingerprint density at radius 1 is 1.03 bits per heavy atom. The molecule has 1 amide bonds. The van der Waals surface area contributed by atoms with Crippen LogP contribution in [0.3, 0.4) is 0 Å². The molecule has 6 heteroatoms. The standard InChI is InChI=1S/C27H30N4O2/c1-29-16-6-10-24(29)25-11-7-17-30(25)19-27(32)31-26(21-12-14-22(33-2)15-13-21)18-23(28-31)20-8-4-3-5-9-20/h3-6,8-10,12-16,25-26H,7,11,17-19H2,1-2H3/t25-,26+/m1/s1. The molecular formula is C27H30N4O2. The van der Waals surface area contributed by atoms with E-state index in [9.17, 15) is 4.79 Å². The Hall–Kier alpha value is -3.38. The minimum absolute atomic E-state index is 0.0443. The number of methoxy groups -OCH3 is 1. The molecule has 2 atom stereocenters. The highest BCUT2D eigenvalue weighted by Crippen LogP contribution is 2.36. The van der Waals surface area contributed by atoms with Gasteiger partial charge in [-0.2, -0.15) is 5.10 Å². The molecule has 1 fully saturated rings. The van der Waals surface area contributed by atoms with Gasteiger partial charge in [-0.05, 0) is 54.8 Å². The molecule has 1 aromatic heterocycles. The molecule has 2 aromatic carbocycles. The van der Waals surface area contributed by atoms with Crippen molar-refractivity contribution >= 4 is 11.6 Å². The van der Waals surface area contributed by atoms with E-state index in [1.54, 1.807) is 12.1 Å². The van der Waals surface area contributed by atoms with Gasteiger partial charge in [0.2, 0.25) is 0 Å². The lowest BCUT2D eigenvalue weighted by Crippen LogP contribution is -2.38. The van der Waals surface area contributed by atoms with E-state index in [4.69, 9.17) is 9.84 Å². The van der Waals surface area contributed by atoms with Crippen LogP contribution in [-0.2, 0) is 11.8 Å². The predicted octanol–water partition coefficient (Wildman–Crippen LogP) is 4.55. The van der Waals surface area contributed by atoms with Gasteiger partial charge in [0.1, 0.15) is 5.75 Å². The fourth-order valence-electron chi connectivity index (χ4n) is 5.05. The Kier molecular flexibility index (Phi) is 6.01. The van der Waals surface area contributed by atoms with Gasteiger partial charge >= 0.3 is 0 Å². The Bertz CT molecular complexity index is 1140. The van der Waals surface area contributed by atoms with Crippen molar-refractivity contribution < 1.29 is 9.53 Å². The van der Waals surface area contributed by atoms with Crippen LogP contribution in [0.4, 0.5) is 0 Å². The number of hydrogen-bond donors (Lipinski definition) is 0. The van der Waals surface area contributed by atoms with Crippen molar-refractivity contribution in [3.8, 4) is 5.75 Å². The third-order valence-electron chi connectivity index (χ3n) is 6.80. The molecule has 3 heterocycles. The molecule has 0 aliphatic carbocycles. The molecule has 6 nitrogen and oxygen atoms in total. The monoisotopic (exact) mass is 442 g/mol. The van der Waals surface area contributed by atoms with Crippen LogP contribution in [0, 0.1) is 0 Å². The molecule has 2 aliphatic heterocycles. The fraction of sp³-hybridized carbons (Fsp3) is 0.333. The van der Waals surface area contributed by atoms with Gasteiger partial charge in [0.15, 0.2) is 0 Å². The number of hydrogen-bond acceptors (Lipinski definition) is 4. The molecule has 0 N–H and O–H groups in total. The van der Waals surface area contributed by atoms with Crippen LogP contribution in [0.15, 0.2) is 78.0 Å². The zero-order valence-electron chi connectivity index (χ0n) is 19.2. The van der Waals surface area contributed by atoms with Gasteiger partial charge in [-0.1, -0.05) is 42.5 Å². The summed E-state index contributed by atoms with van der Waals surface area (Å²) in [5, 5.41) is 6.56. The molecule has 33 heavy (non-hydrogen) atoms. The first kappa shape index (κ1) is 21.5. The minimum Gasteiger partial charge on any atom is -0.497 e. The van der Waals surface area contributed by atoms with Gasteiger partial charge in [0, 0.05) is 25.4 Å². The van der Waals surface area contributed by atoms with Crippen LogP contribution in [0.1, 0.15) is 48.2 Å². The quantitative estimate of drug-likeness (QED) is 0.563. The van der Waals surface area contributed by atoms with Crippen molar-refractivity contribution in [2.45, 2.75) is 31.3 Å².